The van der Waals surface area contributed by atoms with Crippen molar-refractivity contribution in [3.8, 4) is 0 Å². The maximum atomic E-state index is 13.1. The molecule has 1 saturated heterocycles. The van der Waals surface area contributed by atoms with Crippen molar-refractivity contribution in [1.82, 2.24) is 15.0 Å². The summed E-state index contributed by atoms with van der Waals surface area (Å²) in [5.41, 5.74) is 1.77. The van der Waals surface area contributed by atoms with Crippen molar-refractivity contribution in [1.29, 1.82) is 0 Å². The number of aliphatic hydroxyl groups excluding tert-OH is 1. The number of hydrogen-bond acceptors (Lipinski definition) is 5. The summed E-state index contributed by atoms with van der Waals surface area (Å²) >= 11 is 0. The van der Waals surface area contributed by atoms with E-state index in [0.717, 1.165) is 11.3 Å². The number of nitrogens with zero attached hydrogens (tertiary/aromatic N) is 3. The predicted molar refractivity (Wildman–Crippen MR) is 98.8 cm³/mol. The molecule has 1 aliphatic rings. The van der Waals surface area contributed by atoms with Crippen LogP contribution in [0.15, 0.2) is 34.9 Å². The smallest absolute Gasteiger partial charge is 0.292 e. The first-order chi connectivity index (χ1) is 13.0. The summed E-state index contributed by atoms with van der Waals surface area (Å²) in [6, 6.07) is 8.18. The standard InChI is InChI=1S/C20H26FN3O3/c1-14(2)18-11-19(27-22-18)20(26)24-9-8-23(17(13-24)7-10-25)12-15-3-5-16(21)6-4-15/h3-6,11,14,17,25H,7-10,12-13H2,1-2H3/t17-/m1/s1. The molecule has 2 aromatic rings. The molecule has 2 heterocycles. The summed E-state index contributed by atoms with van der Waals surface area (Å²) in [5, 5.41) is 13.4. The van der Waals surface area contributed by atoms with Gasteiger partial charge in [0.25, 0.3) is 5.91 Å². The highest BCUT2D eigenvalue weighted by Gasteiger charge is 2.31. The number of rotatable bonds is 6. The third kappa shape index (κ3) is 4.73. The number of amides is 1. The summed E-state index contributed by atoms with van der Waals surface area (Å²) < 4.78 is 18.3. The Balaban J connectivity index is 1.67. The molecule has 1 aromatic heterocycles. The van der Waals surface area contributed by atoms with Crippen molar-refractivity contribution in [2.45, 2.75) is 38.8 Å². The lowest BCUT2D eigenvalue weighted by atomic mass is 10.1. The Bertz CT molecular complexity index is 760. The average Bonchev–Trinajstić information content (AvgIpc) is 3.15. The largest absolute Gasteiger partial charge is 0.396 e. The van der Waals surface area contributed by atoms with E-state index in [4.69, 9.17) is 4.52 Å². The molecule has 27 heavy (non-hydrogen) atoms. The van der Waals surface area contributed by atoms with Gasteiger partial charge in [-0.1, -0.05) is 31.1 Å². The zero-order chi connectivity index (χ0) is 19.4. The van der Waals surface area contributed by atoms with E-state index in [2.05, 4.69) is 10.1 Å². The van der Waals surface area contributed by atoms with Crippen LogP contribution in [0.3, 0.4) is 0 Å². The maximum absolute atomic E-state index is 13.1. The summed E-state index contributed by atoms with van der Waals surface area (Å²) in [7, 11) is 0. The molecular weight excluding hydrogens is 349 g/mol. The van der Waals surface area contributed by atoms with Gasteiger partial charge >= 0.3 is 0 Å². The Labute approximate surface area is 158 Å². The van der Waals surface area contributed by atoms with Gasteiger partial charge in [0.1, 0.15) is 5.82 Å². The van der Waals surface area contributed by atoms with Gasteiger partial charge in [-0.3, -0.25) is 9.69 Å². The molecule has 0 aliphatic carbocycles. The third-order valence-corrected chi connectivity index (χ3v) is 4.98. The van der Waals surface area contributed by atoms with Crippen molar-refractivity contribution < 1.29 is 18.8 Å². The average molecular weight is 375 g/mol. The Morgan fingerprint density at radius 2 is 2.07 bits per heavy atom. The van der Waals surface area contributed by atoms with Gasteiger partial charge in [-0.2, -0.15) is 0 Å². The molecule has 7 heteroatoms. The van der Waals surface area contributed by atoms with Crippen LogP contribution in [0.1, 0.15) is 48.0 Å². The minimum Gasteiger partial charge on any atom is -0.396 e. The highest BCUT2D eigenvalue weighted by atomic mass is 19.1. The topological polar surface area (TPSA) is 69.8 Å². The molecule has 1 fully saturated rings. The van der Waals surface area contributed by atoms with E-state index >= 15 is 0 Å². The summed E-state index contributed by atoms with van der Waals surface area (Å²) in [6.45, 7) is 6.46. The zero-order valence-corrected chi connectivity index (χ0v) is 15.8. The van der Waals surface area contributed by atoms with Crippen molar-refractivity contribution in [2.75, 3.05) is 26.2 Å². The molecule has 0 unspecified atom stereocenters. The monoisotopic (exact) mass is 375 g/mol. The lowest BCUT2D eigenvalue weighted by molar-refractivity contribution is 0.0366. The Morgan fingerprint density at radius 3 is 2.70 bits per heavy atom. The van der Waals surface area contributed by atoms with E-state index in [9.17, 15) is 14.3 Å². The van der Waals surface area contributed by atoms with E-state index in [0.29, 0.717) is 32.6 Å². The lowest BCUT2D eigenvalue weighted by Crippen LogP contribution is -2.54. The Kier molecular flexibility index (Phi) is 6.23. The van der Waals surface area contributed by atoms with Crippen LogP contribution < -0.4 is 0 Å². The first-order valence-corrected chi connectivity index (χ1v) is 9.33. The van der Waals surface area contributed by atoms with Crippen molar-refractivity contribution in [3.63, 3.8) is 0 Å². The van der Waals surface area contributed by atoms with Crippen LogP contribution >= 0.6 is 0 Å². The normalized spacial score (nSPS) is 18.3. The molecule has 1 aromatic carbocycles. The van der Waals surface area contributed by atoms with Crippen molar-refractivity contribution in [3.05, 3.63) is 53.2 Å². The van der Waals surface area contributed by atoms with Gasteiger partial charge in [-0.15, -0.1) is 0 Å². The number of carbonyl (C=O) groups is 1. The second-order valence-corrected chi connectivity index (χ2v) is 7.28. The molecule has 6 nitrogen and oxygen atoms in total. The first-order valence-electron chi connectivity index (χ1n) is 9.33. The SMILES string of the molecule is CC(C)c1cc(C(=O)N2CCN(Cc3ccc(F)cc3)[C@H](CCO)C2)on1. The molecule has 0 saturated carbocycles. The second-order valence-electron chi connectivity index (χ2n) is 7.28. The highest BCUT2D eigenvalue weighted by molar-refractivity contribution is 5.91. The van der Waals surface area contributed by atoms with Gasteiger partial charge < -0.3 is 14.5 Å². The van der Waals surface area contributed by atoms with Gasteiger partial charge in [-0.25, -0.2) is 4.39 Å². The van der Waals surface area contributed by atoms with Gasteiger partial charge in [0.2, 0.25) is 5.76 Å². The molecule has 1 N–H and O–H groups in total. The van der Waals surface area contributed by atoms with Crippen LogP contribution in [0.2, 0.25) is 0 Å². The molecule has 146 valence electrons. The molecule has 0 bridgehead atoms. The van der Waals surface area contributed by atoms with Gasteiger partial charge in [0.15, 0.2) is 0 Å². The third-order valence-electron chi connectivity index (χ3n) is 4.98. The fourth-order valence-corrected chi connectivity index (χ4v) is 3.35. The van der Waals surface area contributed by atoms with Gasteiger partial charge in [-0.05, 0) is 30.0 Å². The van der Waals surface area contributed by atoms with Crippen molar-refractivity contribution in [2.24, 2.45) is 0 Å². The summed E-state index contributed by atoms with van der Waals surface area (Å²) in [4.78, 5) is 16.7. The van der Waals surface area contributed by atoms with E-state index in [1.54, 1.807) is 23.1 Å². The van der Waals surface area contributed by atoms with Crippen LogP contribution in [0.25, 0.3) is 0 Å². The fourth-order valence-electron chi connectivity index (χ4n) is 3.35. The van der Waals surface area contributed by atoms with Crippen LogP contribution in [-0.2, 0) is 6.54 Å². The quantitative estimate of drug-likeness (QED) is 0.841. The van der Waals surface area contributed by atoms with Crippen LogP contribution in [0.4, 0.5) is 4.39 Å². The molecule has 1 aliphatic heterocycles. The predicted octanol–water partition coefficient (Wildman–Crippen LogP) is 2.65. The van der Waals surface area contributed by atoms with E-state index in [-0.39, 0.29) is 36.1 Å². The van der Waals surface area contributed by atoms with Crippen LogP contribution in [0.5, 0.6) is 0 Å². The first kappa shape index (κ1) is 19.5. The molecule has 0 spiro atoms. The molecule has 1 atom stereocenters. The van der Waals surface area contributed by atoms with E-state index < -0.39 is 0 Å². The van der Waals surface area contributed by atoms with E-state index in [1.165, 1.54) is 12.1 Å². The molecular formula is C20H26FN3O3. The van der Waals surface area contributed by atoms with Gasteiger partial charge in [0, 0.05) is 44.9 Å². The molecule has 0 radical (unpaired) electrons. The molecule has 1 amide bonds. The number of halogens is 1. The minimum absolute atomic E-state index is 0.0326. The number of carbonyl (C=O) groups excluding carboxylic acids is 1. The molecule has 3 rings (SSSR count). The second kappa shape index (κ2) is 8.63. The lowest BCUT2D eigenvalue weighted by Gasteiger charge is -2.41. The van der Waals surface area contributed by atoms with Crippen LogP contribution in [0, 0.1) is 5.82 Å². The van der Waals surface area contributed by atoms with Crippen molar-refractivity contribution >= 4 is 5.91 Å². The number of aromatic nitrogens is 1. The number of aliphatic hydroxyl groups is 1. The summed E-state index contributed by atoms with van der Waals surface area (Å²) in [6.07, 6.45) is 0.568. The van der Waals surface area contributed by atoms with Crippen LogP contribution in [-0.4, -0.2) is 58.3 Å². The number of benzene rings is 1. The number of piperazine rings is 1. The Morgan fingerprint density at radius 1 is 1.33 bits per heavy atom. The zero-order valence-electron chi connectivity index (χ0n) is 15.8. The minimum atomic E-state index is -0.256. The van der Waals surface area contributed by atoms with Gasteiger partial charge in [0.05, 0.1) is 5.69 Å². The summed E-state index contributed by atoms with van der Waals surface area (Å²) in [5.74, 6) is 0.0334. The maximum Gasteiger partial charge on any atom is 0.292 e. The fraction of sp³-hybridized carbons (Fsp3) is 0.500. The number of hydrogen-bond donors (Lipinski definition) is 1. The Hall–Kier alpha value is -2.25. The van der Waals surface area contributed by atoms with E-state index in [1.807, 2.05) is 13.8 Å². The highest BCUT2D eigenvalue weighted by Crippen LogP contribution is 2.20.